The fourth-order valence-corrected chi connectivity index (χ4v) is 5.99. The van der Waals surface area contributed by atoms with E-state index in [1.165, 1.54) is 17.0 Å². The van der Waals surface area contributed by atoms with Gasteiger partial charge in [0.05, 0.1) is 20.6 Å². The highest BCUT2D eigenvalue weighted by Crippen LogP contribution is 2.31. The van der Waals surface area contributed by atoms with E-state index in [1.54, 1.807) is 62.4 Å². The molecule has 40 heavy (non-hydrogen) atoms. The van der Waals surface area contributed by atoms with Gasteiger partial charge in [-0.2, -0.15) is 0 Å². The molecule has 3 aromatic rings. The molecule has 0 saturated carbocycles. The number of nitrogens with one attached hydrogen (secondary N) is 1. The molecule has 1 N–H and O–H groups in total. The number of amides is 2. The Bertz CT molecular complexity index is 1480. The van der Waals surface area contributed by atoms with Gasteiger partial charge in [-0.25, -0.2) is 8.42 Å². The molecular formula is C29H32Cl3N3O4S. The van der Waals surface area contributed by atoms with Crippen molar-refractivity contribution in [1.82, 2.24) is 10.2 Å². The molecule has 0 spiro atoms. The number of anilines is 1. The van der Waals surface area contributed by atoms with E-state index in [4.69, 9.17) is 34.8 Å². The van der Waals surface area contributed by atoms with E-state index in [0.717, 1.165) is 16.3 Å². The average Bonchev–Trinajstić information content (AvgIpc) is 2.92. The minimum absolute atomic E-state index is 0.00335. The zero-order valence-electron chi connectivity index (χ0n) is 22.7. The maximum atomic E-state index is 14.0. The van der Waals surface area contributed by atoms with Crippen LogP contribution in [-0.2, 0) is 26.2 Å². The van der Waals surface area contributed by atoms with Crippen molar-refractivity contribution in [3.63, 3.8) is 0 Å². The molecule has 0 aliphatic heterocycles. The smallest absolute Gasteiger partial charge is 0.264 e. The SMILES string of the molecule is CCCNC(=O)[C@@H](C)N(Cc1ccc(Cl)c(Cl)c1)C(=O)CN(c1cccc(Cl)c1C)S(=O)(=O)c1ccc(C)cc1. The van der Waals surface area contributed by atoms with Crippen LogP contribution in [0.4, 0.5) is 5.69 Å². The molecule has 0 radical (unpaired) electrons. The number of carbonyl (C=O) groups excluding carboxylic acids is 2. The van der Waals surface area contributed by atoms with Crippen molar-refractivity contribution in [2.45, 2.75) is 51.6 Å². The first-order chi connectivity index (χ1) is 18.9. The van der Waals surface area contributed by atoms with Gasteiger partial charge in [-0.15, -0.1) is 0 Å². The van der Waals surface area contributed by atoms with Gasteiger partial charge in [0.2, 0.25) is 11.8 Å². The molecule has 0 heterocycles. The third-order valence-electron chi connectivity index (χ3n) is 6.45. The van der Waals surface area contributed by atoms with Crippen LogP contribution < -0.4 is 9.62 Å². The summed E-state index contributed by atoms with van der Waals surface area (Å²) in [5, 5.41) is 3.81. The first-order valence-corrected chi connectivity index (χ1v) is 15.3. The van der Waals surface area contributed by atoms with E-state index in [0.29, 0.717) is 32.7 Å². The number of aryl methyl sites for hydroxylation is 1. The standard InChI is InChI=1S/C29H32Cl3N3O4S/c1-5-15-33-29(37)21(4)34(17-22-11-14-25(31)26(32)16-22)28(36)18-35(27-8-6-7-24(30)20(27)3)40(38,39)23-12-9-19(2)10-13-23/h6-14,16,21H,5,15,17-18H2,1-4H3,(H,33,37)/t21-/m1/s1. The van der Waals surface area contributed by atoms with Gasteiger partial charge in [0, 0.05) is 18.1 Å². The maximum Gasteiger partial charge on any atom is 0.264 e. The average molecular weight is 625 g/mol. The first-order valence-electron chi connectivity index (χ1n) is 12.7. The lowest BCUT2D eigenvalue weighted by molar-refractivity contribution is -0.139. The van der Waals surface area contributed by atoms with Gasteiger partial charge >= 0.3 is 0 Å². The van der Waals surface area contributed by atoms with Crippen molar-refractivity contribution in [2.75, 3.05) is 17.4 Å². The molecule has 0 aliphatic rings. The van der Waals surface area contributed by atoms with E-state index >= 15 is 0 Å². The van der Waals surface area contributed by atoms with Crippen molar-refractivity contribution in [3.05, 3.63) is 92.4 Å². The largest absolute Gasteiger partial charge is 0.354 e. The Labute approximate surface area is 251 Å². The molecule has 214 valence electrons. The summed E-state index contributed by atoms with van der Waals surface area (Å²) < 4.78 is 28.9. The highest BCUT2D eigenvalue weighted by molar-refractivity contribution is 7.92. The molecule has 0 saturated heterocycles. The molecule has 0 unspecified atom stereocenters. The van der Waals surface area contributed by atoms with E-state index < -0.39 is 28.5 Å². The summed E-state index contributed by atoms with van der Waals surface area (Å²) in [7, 11) is -4.20. The van der Waals surface area contributed by atoms with Crippen LogP contribution in [0.3, 0.4) is 0 Å². The molecular weight excluding hydrogens is 593 g/mol. The number of benzene rings is 3. The second-order valence-corrected chi connectivity index (χ2v) is 12.5. The molecule has 0 aliphatic carbocycles. The van der Waals surface area contributed by atoms with Crippen molar-refractivity contribution in [2.24, 2.45) is 0 Å². The fourth-order valence-electron chi connectivity index (χ4n) is 4.03. The Morgan fingerprint density at radius 3 is 2.23 bits per heavy atom. The van der Waals surface area contributed by atoms with Crippen LogP contribution >= 0.6 is 34.8 Å². The molecule has 3 rings (SSSR count). The summed E-state index contributed by atoms with van der Waals surface area (Å²) in [4.78, 5) is 28.3. The molecule has 0 bridgehead atoms. The Morgan fingerprint density at radius 2 is 1.60 bits per heavy atom. The van der Waals surface area contributed by atoms with Crippen molar-refractivity contribution >= 4 is 62.3 Å². The lowest BCUT2D eigenvalue weighted by Crippen LogP contribution is -2.51. The van der Waals surface area contributed by atoms with E-state index in [-0.39, 0.29) is 23.0 Å². The van der Waals surface area contributed by atoms with Gasteiger partial charge in [-0.1, -0.05) is 71.6 Å². The Balaban J connectivity index is 2.07. The Morgan fingerprint density at radius 1 is 0.925 bits per heavy atom. The number of hydrogen-bond donors (Lipinski definition) is 1. The first kappa shape index (κ1) is 31.7. The lowest BCUT2D eigenvalue weighted by atomic mass is 10.1. The van der Waals surface area contributed by atoms with E-state index in [1.807, 2.05) is 13.8 Å². The van der Waals surface area contributed by atoms with Crippen LogP contribution in [0.25, 0.3) is 0 Å². The van der Waals surface area contributed by atoms with Crippen LogP contribution in [0.15, 0.2) is 65.6 Å². The van der Waals surface area contributed by atoms with Crippen LogP contribution in [0.1, 0.15) is 37.0 Å². The maximum absolute atomic E-state index is 14.0. The van der Waals surface area contributed by atoms with Crippen LogP contribution in [-0.4, -0.2) is 44.3 Å². The van der Waals surface area contributed by atoms with Crippen LogP contribution in [0, 0.1) is 13.8 Å². The third kappa shape index (κ3) is 7.49. The minimum atomic E-state index is -4.20. The molecule has 2 amide bonds. The topological polar surface area (TPSA) is 86.8 Å². The Hall–Kier alpha value is -2.78. The van der Waals surface area contributed by atoms with Crippen molar-refractivity contribution < 1.29 is 18.0 Å². The predicted molar refractivity (Wildman–Crippen MR) is 162 cm³/mol. The van der Waals surface area contributed by atoms with Crippen molar-refractivity contribution in [1.29, 1.82) is 0 Å². The van der Waals surface area contributed by atoms with E-state index in [2.05, 4.69) is 5.32 Å². The Kier molecular flexibility index (Phi) is 10.9. The number of sulfonamides is 1. The van der Waals surface area contributed by atoms with Gasteiger partial charge in [0.1, 0.15) is 12.6 Å². The molecule has 3 aromatic carbocycles. The van der Waals surface area contributed by atoms with Gasteiger partial charge in [0.15, 0.2) is 0 Å². The summed E-state index contributed by atoms with van der Waals surface area (Å²) >= 11 is 18.6. The van der Waals surface area contributed by atoms with Crippen LogP contribution in [0.2, 0.25) is 15.1 Å². The summed E-state index contributed by atoms with van der Waals surface area (Å²) in [5.41, 5.74) is 2.28. The summed E-state index contributed by atoms with van der Waals surface area (Å²) in [6.07, 6.45) is 0.718. The minimum Gasteiger partial charge on any atom is -0.354 e. The van der Waals surface area contributed by atoms with Crippen molar-refractivity contribution in [3.8, 4) is 0 Å². The number of halogens is 3. The molecule has 11 heteroatoms. The van der Waals surface area contributed by atoms with E-state index in [9.17, 15) is 18.0 Å². The highest BCUT2D eigenvalue weighted by Gasteiger charge is 2.33. The second kappa shape index (κ2) is 13.7. The predicted octanol–water partition coefficient (Wildman–Crippen LogP) is 6.40. The third-order valence-corrected chi connectivity index (χ3v) is 9.37. The molecule has 0 fully saturated rings. The number of hydrogen-bond acceptors (Lipinski definition) is 4. The number of carbonyl (C=O) groups is 2. The quantitative estimate of drug-likeness (QED) is 0.267. The molecule has 0 aromatic heterocycles. The zero-order valence-corrected chi connectivity index (χ0v) is 25.8. The molecule has 7 nitrogen and oxygen atoms in total. The van der Waals surface area contributed by atoms with Gasteiger partial charge in [-0.3, -0.25) is 13.9 Å². The van der Waals surface area contributed by atoms with Gasteiger partial charge in [0.25, 0.3) is 10.0 Å². The fraction of sp³-hybridized carbons (Fsp3) is 0.310. The van der Waals surface area contributed by atoms with Crippen LogP contribution in [0.5, 0.6) is 0 Å². The second-order valence-electron chi connectivity index (χ2n) is 9.45. The summed E-state index contributed by atoms with van der Waals surface area (Å²) in [6.45, 7) is 6.94. The monoisotopic (exact) mass is 623 g/mol. The van der Waals surface area contributed by atoms with Gasteiger partial charge < -0.3 is 10.2 Å². The van der Waals surface area contributed by atoms with Gasteiger partial charge in [-0.05, 0) is 74.7 Å². The molecule has 1 atom stereocenters. The lowest BCUT2D eigenvalue weighted by Gasteiger charge is -2.32. The highest BCUT2D eigenvalue weighted by atomic mass is 35.5. The summed E-state index contributed by atoms with van der Waals surface area (Å²) in [6, 6.07) is 15.3. The normalized spacial score (nSPS) is 12.1. The number of nitrogens with zero attached hydrogens (tertiary/aromatic N) is 2. The number of rotatable bonds is 11. The zero-order chi connectivity index (χ0) is 29.6. The summed E-state index contributed by atoms with van der Waals surface area (Å²) in [5.74, 6) is -0.942.